The first-order valence-electron chi connectivity index (χ1n) is 6.18. The normalized spacial score (nSPS) is 13.2. The van der Waals surface area contributed by atoms with Crippen LogP contribution < -0.4 is 10.5 Å². The van der Waals surface area contributed by atoms with Crippen LogP contribution in [0.4, 0.5) is 5.69 Å². The van der Waals surface area contributed by atoms with Crippen molar-refractivity contribution in [2.75, 3.05) is 4.72 Å². The molecule has 0 amide bonds. The molecule has 1 heterocycles. The Bertz CT molecular complexity index is 702. The van der Waals surface area contributed by atoms with Crippen LogP contribution in [0.2, 0.25) is 0 Å². The fraction of sp³-hybridized carbons (Fsp3) is 0.308. The van der Waals surface area contributed by atoms with E-state index >= 15 is 0 Å². The number of nitrogens with zero attached hydrogens (tertiary/aromatic N) is 2. The molecule has 0 saturated heterocycles. The molecule has 0 spiro atoms. The summed E-state index contributed by atoms with van der Waals surface area (Å²) in [4.78, 5) is 0.199. The summed E-state index contributed by atoms with van der Waals surface area (Å²) in [6.45, 7) is 3.60. The van der Waals surface area contributed by atoms with E-state index in [1.807, 2.05) is 6.92 Å². The molecular weight excluding hydrogens is 276 g/mol. The quantitative estimate of drug-likeness (QED) is 0.895. The van der Waals surface area contributed by atoms with E-state index in [1.165, 1.54) is 0 Å². The fourth-order valence-corrected chi connectivity index (χ4v) is 2.96. The number of benzene rings is 1. The minimum Gasteiger partial charge on any atom is -0.324 e. The van der Waals surface area contributed by atoms with Crippen LogP contribution in [-0.2, 0) is 17.1 Å². The molecule has 2 rings (SSSR count). The highest BCUT2D eigenvalue weighted by atomic mass is 32.2. The predicted molar refractivity (Wildman–Crippen MR) is 77.8 cm³/mol. The molecule has 0 aliphatic rings. The molecule has 1 aromatic carbocycles. The number of aryl methyl sites for hydroxylation is 2. The Balaban J connectivity index is 2.28. The van der Waals surface area contributed by atoms with Crippen LogP contribution in [0, 0.1) is 6.92 Å². The number of nitrogens with two attached hydrogens (primary N) is 1. The van der Waals surface area contributed by atoms with Crippen molar-refractivity contribution in [2.45, 2.75) is 24.8 Å². The van der Waals surface area contributed by atoms with E-state index in [0.29, 0.717) is 11.4 Å². The summed E-state index contributed by atoms with van der Waals surface area (Å²) in [6.07, 6.45) is 1.63. The third-order valence-electron chi connectivity index (χ3n) is 2.97. The van der Waals surface area contributed by atoms with Crippen LogP contribution in [-0.4, -0.2) is 18.2 Å². The second-order valence-corrected chi connectivity index (χ2v) is 6.45. The van der Waals surface area contributed by atoms with Gasteiger partial charge in [-0.15, -0.1) is 0 Å². The number of hydrogen-bond acceptors (Lipinski definition) is 4. The van der Waals surface area contributed by atoms with E-state index in [4.69, 9.17) is 5.73 Å². The third-order valence-corrected chi connectivity index (χ3v) is 4.36. The fourth-order valence-electron chi connectivity index (χ4n) is 1.85. The molecule has 3 N–H and O–H groups in total. The molecule has 0 bridgehead atoms. The number of anilines is 1. The monoisotopic (exact) mass is 294 g/mol. The lowest BCUT2D eigenvalue weighted by atomic mass is 10.1. The summed E-state index contributed by atoms with van der Waals surface area (Å²) in [7, 11) is -1.87. The second kappa shape index (κ2) is 5.26. The first-order valence-corrected chi connectivity index (χ1v) is 7.66. The second-order valence-electron chi connectivity index (χ2n) is 4.77. The maximum Gasteiger partial charge on any atom is 0.262 e. The zero-order chi connectivity index (χ0) is 14.9. The number of rotatable bonds is 4. The van der Waals surface area contributed by atoms with Gasteiger partial charge < -0.3 is 5.73 Å². The van der Waals surface area contributed by atoms with Gasteiger partial charge in [-0.2, -0.15) is 5.10 Å². The number of sulfonamides is 1. The molecule has 0 saturated carbocycles. The first kappa shape index (κ1) is 14.5. The summed E-state index contributed by atoms with van der Waals surface area (Å²) >= 11 is 0. The Morgan fingerprint density at radius 2 is 1.90 bits per heavy atom. The molecule has 20 heavy (non-hydrogen) atoms. The molecule has 108 valence electrons. The molecule has 7 heteroatoms. The Morgan fingerprint density at radius 1 is 1.30 bits per heavy atom. The van der Waals surface area contributed by atoms with Crippen molar-refractivity contribution in [2.24, 2.45) is 12.8 Å². The van der Waals surface area contributed by atoms with Crippen LogP contribution in [0.15, 0.2) is 35.4 Å². The molecule has 0 fully saturated rings. The molecule has 1 atom stereocenters. The van der Waals surface area contributed by atoms with E-state index in [1.54, 1.807) is 49.1 Å². The van der Waals surface area contributed by atoms with Crippen LogP contribution >= 0.6 is 0 Å². The standard InChI is InChI=1S/C13H18N4O2S/c1-9(14)11-4-6-12(7-5-11)20(18,19)16-13-8-17(3)15-10(13)2/h4-9,16H,14H2,1-3H3. The maximum absolute atomic E-state index is 12.3. The summed E-state index contributed by atoms with van der Waals surface area (Å²) < 4.78 is 28.6. The molecule has 2 aromatic rings. The predicted octanol–water partition coefficient (Wildman–Crippen LogP) is 1.55. The molecular formula is C13H18N4O2S. The Morgan fingerprint density at radius 3 is 2.35 bits per heavy atom. The van der Waals surface area contributed by atoms with Crippen molar-refractivity contribution < 1.29 is 8.42 Å². The first-order chi connectivity index (χ1) is 9.29. The smallest absolute Gasteiger partial charge is 0.262 e. The van der Waals surface area contributed by atoms with Crippen molar-refractivity contribution >= 4 is 15.7 Å². The van der Waals surface area contributed by atoms with Gasteiger partial charge in [-0.05, 0) is 31.5 Å². The van der Waals surface area contributed by atoms with E-state index in [-0.39, 0.29) is 10.9 Å². The minimum absolute atomic E-state index is 0.125. The lowest BCUT2D eigenvalue weighted by Crippen LogP contribution is -2.13. The van der Waals surface area contributed by atoms with Gasteiger partial charge in [-0.25, -0.2) is 8.42 Å². The Kier molecular flexibility index (Phi) is 3.82. The highest BCUT2D eigenvalue weighted by Crippen LogP contribution is 2.20. The van der Waals surface area contributed by atoms with Crippen molar-refractivity contribution in [3.8, 4) is 0 Å². The van der Waals surface area contributed by atoms with E-state index < -0.39 is 10.0 Å². The van der Waals surface area contributed by atoms with Gasteiger partial charge in [0, 0.05) is 19.3 Å². The van der Waals surface area contributed by atoms with E-state index in [2.05, 4.69) is 9.82 Å². The SMILES string of the molecule is Cc1nn(C)cc1NS(=O)(=O)c1ccc(C(C)N)cc1. The summed E-state index contributed by atoms with van der Waals surface area (Å²) in [5, 5.41) is 4.10. The van der Waals surface area contributed by atoms with Gasteiger partial charge >= 0.3 is 0 Å². The van der Waals surface area contributed by atoms with Crippen molar-refractivity contribution in [3.63, 3.8) is 0 Å². The van der Waals surface area contributed by atoms with Gasteiger partial charge in [0.1, 0.15) is 0 Å². The van der Waals surface area contributed by atoms with Gasteiger partial charge in [-0.3, -0.25) is 9.40 Å². The third kappa shape index (κ3) is 3.00. The average Bonchev–Trinajstić information content (AvgIpc) is 2.67. The molecule has 6 nitrogen and oxygen atoms in total. The van der Waals surface area contributed by atoms with Crippen molar-refractivity contribution in [1.29, 1.82) is 0 Å². The Labute approximate surface area is 118 Å². The maximum atomic E-state index is 12.3. The van der Waals surface area contributed by atoms with Crippen LogP contribution in [0.5, 0.6) is 0 Å². The molecule has 1 unspecified atom stereocenters. The van der Waals surface area contributed by atoms with E-state index in [0.717, 1.165) is 5.56 Å². The molecule has 1 aromatic heterocycles. The zero-order valence-corrected chi connectivity index (χ0v) is 12.5. The van der Waals surface area contributed by atoms with Crippen molar-refractivity contribution in [3.05, 3.63) is 41.7 Å². The largest absolute Gasteiger partial charge is 0.324 e. The highest BCUT2D eigenvalue weighted by Gasteiger charge is 2.16. The summed E-state index contributed by atoms with van der Waals surface area (Å²) in [5.41, 5.74) is 7.74. The van der Waals surface area contributed by atoms with Gasteiger partial charge in [0.15, 0.2) is 0 Å². The number of nitrogens with one attached hydrogen (secondary N) is 1. The topological polar surface area (TPSA) is 90.0 Å². The van der Waals surface area contributed by atoms with Gasteiger partial charge in [0.05, 0.1) is 16.3 Å². The Hall–Kier alpha value is -1.86. The van der Waals surface area contributed by atoms with E-state index in [9.17, 15) is 8.42 Å². The van der Waals surface area contributed by atoms with Gasteiger partial charge in [-0.1, -0.05) is 12.1 Å². The lowest BCUT2D eigenvalue weighted by molar-refractivity contribution is 0.601. The number of hydrogen-bond donors (Lipinski definition) is 2. The summed E-state index contributed by atoms with van der Waals surface area (Å²) in [6, 6.07) is 6.41. The van der Waals surface area contributed by atoms with Crippen LogP contribution in [0.1, 0.15) is 24.2 Å². The number of aromatic nitrogens is 2. The van der Waals surface area contributed by atoms with Crippen LogP contribution in [0.25, 0.3) is 0 Å². The zero-order valence-electron chi connectivity index (χ0n) is 11.7. The minimum atomic E-state index is -3.61. The van der Waals surface area contributed by atoms with Crippen LogP contribution in [0.3, 0.4) is 0 Å². The summed E-state index contributed by atoms with van der Waals surface area (Å²) in [5.74, 6) is 0. The lowest BCUT2D eigenvalue weighted by Gasteiger charge is -2.09. The molecule has 0 aliphatic carbocycles. The van der Waals surface area contributed by atoms with Gasteiger partial charge in [0.25, 0.3) is 10.0 Å². The average molecular weight is 294 g/mol. The highest BCUT2D eigenvalue weighted by molar-refractivity contribution is 7.92. The molecule has 0 radical (unpaired) electrons. The van der Waals surface area contributed by atoms with Gasteiger partial charge in [0.2, 0.25) is 0 Å². The molecule has 0 aliphatic heterocycles. The van der Waals surface area contributed by atoms with Crippen molar-refractivity contribution in [1.82, 2.24) is 9.78 Å².